The van der Waals surface area contributed by atoms with E-state index in [0.717, 1.165) is 45.0 Å². The van der Waals surface area contributed by atoms with Gasteiger partial charge >= 0.3 is 0 Å². The molecular formula is C21H31IN4O. The van der Waals surface area contributed by atoms with E-state index < -0.39 is 0 Å². The molecule has 6 heteroatoms. The van der Waals surface area contributed by atoms with E-state index in [0.29, 0.717) is 0 Å². The van der Waals surface area contributed by atoms with E-state index in [2.05, 4.69) is 55.4 Å². The molecule has 5 nitrogen and oxygen atoms in total. The van der Waals surface area contributed by atoms with Gasteiger partial charge in [-0.15, -0.1) is 24.0 Å². The van der Waals surface area contributed by atoms with Crippen molar-refractivity contribution in [3.05, 3.63) is 70.1 Å². The lowest BCUT2D eigenvalue weighted by molar-refractivity contribution is 0.474. The minimum Gasteiger partial charge on any atom is -0.357 e. The summed E-state index contributed by atoms with van der Waals surface area (Å²) in [6.07, 6.45) is 3.73. The fourth-order valence-corrected chi connectivity index (χ4v) is 2.81. The second kappa shape index (κ2) is 12.5. The number of aromatic nitrogens is 1. The van der Waals surface area contributed by atoms with Crippen molar-refractivity contribution >= 4 is 29.9 Å². The Kier molecular flexibility index (Phi) is 10.8. The predicted octanol–water partition coefficient (Wildman–Crippen LogP) is 3.65. The molecule has 1 N–H and O–H groups in total. The van der Waals surface area contributed by atoms with Crippen LogP contribution in [0.3, 0.4) is 0 Å². The smallest absolute Gasteiger partial charge is 0.250 e. The van der Waals surface area contributed by atoms with Gasteiger partial charge in [0.05, 0.1) is 0 Å². The number of hydrogen-bond donors (Lipinski definition) is 1. The van der Waals surface area contributed by atoms with Crippen molar-refractivity contribution in [3.8, 4) is 0 Å². The highest BCUT2D eigenvalue weighted by Crippen LogP contribution is 2.09. The number of rotatable bonds is 8. The molecule has 2 rings (SSSR count). The molecule has 0 aliphatic heterocycles. The molecule has 2 aromatic rings. The minimum absolute atomic E-state index is 0. The lowest BCUT2D eigenvalue weighted by Gasteiger charge is -2.23. The van der Waals surface area contributed by atoms with Crippen LogP contribution >= 0.6 is 24.0 Å². The summed E-state index contributed by atoms with van der Waals surface area (Å²) in [5.41, 5.74) is 2.66. The summed E-state index contributed by atoms with van der Waals surface area (Å²) < 4.78 is 1.75. The fraction of sp³-hybridized carbons (Fsp3) is 0.429. The Balaban J connectivity index is 0.00000364. The van der Waals surface area contributed by atoms with E-state index in [1.807, 2.05) is 12.3 Å². The number of nitrogens with one attached hydrogen (secondary N) is 1. The van der Waals surface area contributed by atoms with Crippen LogP contribution in [0.2, 0.25) is 0 Å². The van der Waals surface area contributed by atoms with Crippen LogP contribution in [0, 0.1) is 6.92 Å². The van der Waals surface area contributed by atoms with Crippen molar-refractivity contribution in [2.45, 2.75) is 39.8 Å². The maximum atomic E-state index is 11.7. The van der Waals surface area contributed by atoms with Gasteiger partial charge in [-0.05, 0) is 43.9 Å². The molecule has 1 aromatic heterocycles. The molecular weight excluding hydrogens is 451 g/mol. The Hall–Kier alpha value is -1.83. The first kappa shape index (κ1) is 23.2. The predicted molar refractivity (Wildman–Crippen MR) is 124 cm³/mol. The van der Waals surface area contributed by atoms with Gasteiger partial charge in [-0.1, -0.05) is 30.3 Å². The molecule has 0 bridgehead atoms. The lowest BCUT2D eigenvalue weighted by atomic mass is 10.1. The van der Waals surface area contributed by atoms with Gasteiger partial charge in [-0.2, -0.15) is 0 Å². The van der Waals surface area contributed by atoms with Crippen LogP contribution in [0.5, 0.6) is 0 Å². The Bertz CT molecular complexity index is 773. The number of aryl methyl sites for hydroxylation is 2. The molecule has 1 aromatic carbocycles. The van der Waals surface area contributed by atoms with Gasteiger partial charge in [-0.25, -0.2) is 0 Å². The van der Waals surface area contributed by atoms with Gasteiger partial charge in [0, 0.05) is 45.5 Å². The second-order valence-electron chi connectivity index (χ2n) is 6.46. The number of benzene rings is 1. The van der Waals surface area contributed by atoms with Crippen molar-refractivity contribution in [1.29, 1.82) is 0 Å². The van der Waals surface area contributed by atoms with E-state index in [4.69, 9.17) is 4.99 Å². The monoisotopic (exact) mass is 482 g/mol. The maximum absolute atomic E-state index is 11.7. The third kappa shape index (κ3) is 7.74. The molecule has 0 fully saturated rings. The molecule has 0 spiro atoms. The second-order valence-corrected chi connectivity index (χ2v) is 6.46. The Morgan fingerprint density at radius 1 is 1.15 bits per heavy atom. The third-order valence-electron chi connectivity index (χ3n) is 4.33. The van der Waals surface area contributed by atoms with Crippen LogP contribution < -0.4 is 10.9 Å². The van der Waals surface area contributed by atoms with E-state index >= 15 is 0 Å². The lowest BCUT2D eigenvalue weighted by Crippen LogP contribution is -2.38. The molecule has 0 aliphatic carbocycles. The van der Waals surface area contributed by atoms with Crippen molar-refractivity contribution in [2.75, 3.05) is 20.1 Å². The highest BCUT2D eigenvalue weighted by molar-refractivity contribution is 14.0. The number of guanidine groups is 1. The van der Waals surface area contributed by atoms with E-state index in [-0.39, 0.29) is 29.5 Å². The molecule has 27 heavy (non-hydrogen) atoms. The molecule has 0 atom stereocenters. The Morgan fingerprint density at radius 2 is 1.89 bits per heavy atom. The zero-order valence-electron chi connectivity index (χ0n) is 16.5. The molecule has 1 heterocycles. The zero-order valence-corrected chi connectivity index (χ0v) is 18.8. The average Bonchev–Trinajstić information content (AvgIpc) is 2.64. The normalized spacial score (nSPS) is 11.0. The molecule has 0 amide bonds. The molecule has 148 valence electrons. The van der Waals surface area contributed by atoms with Crippen molar-refractivity contribution < 1.29 is 0 Å². The average molecular weight is 482 g/mol. The van der Waals surface area contributed by atoms with E-state index in [1.54, 1.807) is 16.7 Å². The number of nitrogens with zero attached hydrogens (tertiary/aromatic N) is 3. The first-order valence-corrected chi connectivity index (χ1v) is 9.31. The summed E-state index contributed by atoms with van der Waals surface area (Å²) in [7, 11) is 2.07. The van der Waals surface area contributed by atoms with Gasteiger partial charge in [0.15, 0.2) is 5.96 Å². The van der Waals surface area contributed by atoms with Crippen LogP contribution in [0.1, 0.15) is 30.9 Å². The molecule has 0 radical (unpaired) electrons. The largest absolute Gasteiger partial charge is 0.357 e. The first-order valence-electron chi connectivity index (χ1n) is 9.31. The maximum Gasteiger partial charge on any atom is 0.250 e. The number of halogens is 1. The van der Waals surface area contributed by atoms with Gasteiger partial charge < -0.3 is 14.8 Å². The van der Waals surface area contributed by atoms with Crippen molar-refractivity contribution in [1.82, 2.24) is 14.8 Å². The van der Waals surface area contributed by atoms with E-state index in [1.165, 1.54) is 11.1 Å². The Morgan fingerprint density at radius 3 is 2.59 bits per heavy atom. The van der Waals surface area contributed by atoms with E-state index in [9.17, 15) is 4.79 Å². The topological polar surface area (TPSA) is 49.6 Å². The third-order valence-corrected chi connectivity index (χ3v) is 4.33. The summed E-state index contributed by atoms with van der Waals surface area (Å²) in [5, 5.41) is 3.36. The van der Waals surface area contributed by atoms with Gasteiger partial charge in [0.2, 0.25) is 5.56 Å². The Labute approximate surface area is 179 Å². The molecule has 0 saturated heterocycles. The SMILES string of the molecule is CCNC(=NCCCCn1ccccc1=O)N(C)Cc1ccccc1C.I. The minimum atomic E-state index is 0. The molecule has 0 aliphatic rings. The zero-order chi connectivity index (χ0) is 18.8. The molecule has 0 unspecified atom stereocenters. The first-order chi connectivity index (χ1) is 12.6. The van der Waals surface area contributed by atoms with Crippen LogP contribution in [0.4, 0.5) is 0 Å². The van der Waals surface area contributed by atoms with Crippen LogP contribution in [-0.2, 0) is 13.1 Å². The van der Waals surface area contributed by atoms with Crippen molar-refractivity contribution in [3.63, 3.8) is 0 Å². The van der Waals surface area contributed by atoms with Gasteiger partial charge in [0.1, 0.15) is 0 Å². The summed E-state index contributed by atoms with van der Waals surface area (Å²) >= 11 is 0. The van der Waals surface area contributed by atoms with Crippen molar-refractivity contribution in [2.24, 2.45) is 4.99 Å². The van der Waals surface area contributed by atoms with Crippen LogP contribution in [0.15, 0.2) is 58.4 Å². The standard InChI is InChI=1S/C21H30N4O.HI/c1-4-22-21(24(3)17-19-12-6-5-11-18(19)2)23-14-8-10-16-25-15-9-7-13-20(25)26;/h5-7,9,11-13,15H,4,8,10,14,16-17H2,1-3H3,(H,22,23);1H. The summed E-state index contributed by atoms with van der Waals surface area (Å²) in [6.45, 7) is 7.39. The highest BCUT2D eigenvalue weighted by atomic mass is 127. The molecule has 0 saturated carbocycles. The van der Waals surface area contributed by atoms with Gasteiger partial charge in [-0.3, -0.25) is 9.79 Å². The fourth-order valence-electron chi connectivity index (χ4n) is 2.81. The number of unbranched alkanes of at least 4 members (excludes halogenated alkanes) is 1. The quantitative estimate of drug-likeness (QED) is 0.271. The van der Waals surface area contributed by atoms with Crippen LogP contribution in [-0.4, -0.2) is 35.6 Å². The summed E-state index contributed by atoms with van der Waals surface area (Å²) in [4.78, 5) is 18.6. The van der Waals surface area contributed by atoms with Crippen LogP contribution in [0.25, 0.3) is 0 Å². The number of aliphatic imine (C=N–C) groups is 1. The number of hydrogen-bond acceptors (Lipinski definition) is 2. The highest BCUT2D eigenvalue weighted by Gasteiger charge is 2.07. The van der Waals surface area contributed by atoms with Gasteiger partial charge in [0.25, 0.3) is 0 Å². The number of pyridine rings is 1. The summed E-state index contributed by atoms with van der Waals surface area (Å²) in [5.74, 6) is 0.924. The summed E-state index contributed by atoms with van der Waals surface area (Å²) in [6, 6.07) is 13.7.